The first-order valence-corrected chi connectivity index (χ1v) is 7.26. The number of hydrogen-bond donors (Lipinski definition) is 2. The van der Waals surface area contributed by atoms with Crippen molar-refractivity contribution in [2.45, 2.75) is 13.0 Å². The monoisotopic (exact) mass is 300 g/mol. The first kappa shape index (κ1) is 13.9. The van der Waals surface area contributed by atoms with E-state index in [4.69, 9.17) is 12.2 Å². The lowest BCUT2D eigenvalue weighted by Gasteiger charge is -2.25. The van der Waals surface area contributed by atoms with E-state index in [1.807, 2.05) is 0 Å². The number of benzene rings is 1. The van der Waals surface area contributed by atoms with Crippen LogP contribution in [0.25, 0.3) is 11.1 Å². The number of aromatic amines is 1. The molecule has 0 bridgehead atoms. The highest BCUT2D eigenvalue weighted by Gasteiger charge is 2.24. The molecule has 1 aromatic carbocycles. The molecule has 2 heterocycles. The van der Waals surface area contributed by atoms with Crippen molar-refractivity contribution >= 4 is 12.2 Å². The molecular formula is C16H15FN3S+. The predicted molar refractivity (Wildman–Crippen MR) is 80.9 cm³/mol. The summed E-state index contributed by atoms with van der Waals surface area (Å²) >= 11 is 5.32. The van der Waals surface area contributed by atoms with Gasteiger partial charge in [-0.1, -0.05) is 24.4 Å². The molecule has 2 aromatic rings. The van der Waals surface area contributed by atoms with Gasteiger partial charge in [0.2, 0.25) is 0 Å². The summed E-state index contributed by atoms with van der Waals surface area (Å²) in [6.45, 7) is 1.87. The number of halogens is 1. The largest absolute Gasteiger partial charge is 0.348 e. The third-order valence-corrected chi connectivity index (χ3v) is 4.24. The number of quaternary nitrogens is 1. The number of nitrogens with zero attached hydrogens (tertiary/aromatic N) is 1. The summed E-state index contributed by atoms with van der Waals surface area (Å²) in [5.41, 5.74) is 4.40. The molecule has 0 fully saturated rings. The molecule has 0 amide bonds. The lowest BCUT2D eigenvalue weighted by Crippen LogP contribution is -3.08. The van der Waals surface area contributed by atoms with Crippen LogP contribution in [0.5, 0.6) is 0 Å². The lowest BCUT2D eigenvalue weighted by atomic mass is 9.92. The van der Waals surface area contributed by atoms with E-state index in [1.165, 1.54) is 17.0 Å². The van der Waals surface area contributed by atoms with Gasteiger partial charge in [0.25, 0.3) is 0 Å². The van der Waals surface area contributed by atoms with E-state index in [9.17, 15) is 9.65 Å². The second kappa shape index (κ2) is 5.40. The Labute approximate surface area is 127 Å². The average Bonchev–Trinajstić information content (AvgIpc) is 2.47. The number of H-pyrrole nitrogens is 1. The topological polar surface area (TPSA) is 44.0 Å². The summed E-state index contributed by atoms with van der Waals surface area (Å²) < 4.78 is 13.6. The summed E-state index contributed by atoms with van der Waals surface area (Å²) in [5, 5.41) is 9.47. The minimum atomic E-state index is -0.282. The number of nitriles is 1. The fourth-order valence-corrected chi connectivity index (χ4v) is 3.14. The van der Waals surface area contributed by atoms with Crippen LogP contribution in [0, 0.1) is 21.8 Å². The van der Waals surface area contributed by atoms with E-state index in [0.717, 1.165) is 41.9 Å². The van der Waals surface area contributed by atoms with Crippen LogP contribution in [0.15, 0.2) is 24.3 Å². The zero-order chi connectivity index (χ0) is 15.0. The van der Waals surface area contributed by atoms with Crippen molar-refractivity contribution in [3.05, 3.63) is 51.5 Å². The molecule has 0 radical (unpaired) electrons. The Kier molecular flexibility index (Phi) is 3.58. The molecule has 1 unspecified atom stereocenters. The number of fused-ring (bicyclic) bond motifs is 1. The SMILES string of the molecule is C[NH+]1CCc2[nH]c(=S)c(C#N)c(-c3ccc(F)cc3)c2C1. The standard InChI is InChI=1S/C16H14FN3S/c1-20-7-6-14-13(9-20)15(12(8-18)16(21)19-14)10-2-4-11(17)5-3-10/h2-5H,6-7,9H2,1H3,(H,19,21)/p+1. The maximum atomic E-state index is 13.2. The van der Waals surface area contributed by atoms with Crippen LogP contribution >= 0.6 is 12.2 Å². The van der Waals surface area contributed by atoms with Crippen LogP contribution in [0.4, 0.5) is 4.39 Å². The average molecular weight is 300 g/mol. The van der Waals surface area contributed by atoms with Crippen molar-refractivity contribution in [2.24, 2.45) is 0 Å². The van der Waals surface area contributed by atoms with E-state index in [2.05, 4.69) is 18.1 Å². The molecule has 106 valence electrons. The van der Waals surface area contributed by atoms with Crippen LogP contribution < -0.4 is 4.90 Å². The van der Waals surface area contributed by atoms with Crippen molar-refractivity contribution < 1.29 is 9.29 Å². The van der Waals surface area contributed by atoms with Gasteiger partial charge in [-0.05, 0) is 17.7 Å². The van der Waals surface area contributed by atoms with E-state index in [1.54, 1.807) is 12.1 Å². The Balaban J connectivity index is 2.31. The molecular weight excluding hydrogens is 285 g/mol. The minimum absolute atomic E-state index is 0.282. The Morgan fingerprint density at radius 2 is 2.05 bits per heavy atom. The molecule has 0 spiro atoms. The van der Waals surface area contributed by atoms with Gasteiger partial charge in [-0.2, -0.15) is 5.26 Å². The van der Waals surface area contributed by atoms with Crippen LogP contribution in [0.2, 0.25) is 0 Å². The van der Waals surface area contributed by atoms with Crippen molar-refractivity contribution in [3.8, 4) is 17.2 Å². The molecule has 21 heavy (non-hydrogen) atoms. The van der Waals surface area contributed by atoms with E-state index in [-0.39, 0.29) is 5.82 Å². The molecule has 1 aliphatic rings. The molecule has 0 saturated heterocycles. The highest BCUT2D eigenvalue weighted by Crippen LogP contribution is 2.30. The third kappa shape index (κ3) is 2.48. The Bertz CT molecular complexity index is 787. The molecule has 3 rings (SSSR count). The molecule has 1 aromatic heterocycles. The summed E-state index contributed by atoms with van der Waals surface area (Å²) in [5.74, 6) is -0.282. The zero-order valence-corrected chi connectivity index (χ0v) is 12.5. The normalized spacial score (nSPS) is 17.1. The Morgan fingerprint density at radius 3 is 2.71 bits per heavy atom. The highest BCUT2D eigenvalue weighted by atomic mass is 32.1. The molecule has 0 aliphatic carbocycles. The summed E-state index contributed by atoms with van der Waals surface area (Å²) in [4.78, 5) is 4.58. The first-order valence-electron chi connectivity index (χ1n) is 6.85. The maximum absolute atomic E-state index is 13.2. The molecule has 5 heteroatoms. The molecule has 1 aliphatic heterocycles. The van der Waals surface area contributed by atoms with Crippen molar-refractivity contribution in [1.82, 2.24) is 4.98 Å². The van der Waals surface area contributed by atoms with Gasteiger partial charge in [0.05, 0.1) is 19.2 Å². The van der Waals surface area contributed by atoms with Gasteiger partial charge in [0.1, 0.15) is 23.1 Å². The number of likely N-dealkylation sites (N-methyl/N-ethyl adjacent to an activating group) is 1. The lowest BCUT2D eigenvalue weighted by molar-refractivity contribution is -0.895. The maximum Gasteiger partial charge on any atom is 0.123 e. The summed E-state index contributed by atoms with van der Waals surface area (Å²) in [6, 6.07) is 8.47. The van der Waals surface area contributed by atoms with Crippen LogP contribution in [0.3, 0.4) is 0 Å². The summed E-state index contributed by atoms with van der Waals surface area (Å²) in [7, 11) is 2.13. The quantitative estimate of drug-likeness (QED) is 0.791. The second-order valence-electron chi connectivity index (χ2n) is 5.41. The summed E-state index contributed by atoms with van der Waals surface area (Å²) in [6.07, 6.45) is 0.907. The zero-order valence-electron chi connectivity index (χ0n) is 11.7. The first-order chi connectivity index (χ1) is 10.1. The second-order valence-corrected chi connectivity index (χ2v) is 5.82. The van der Waals surface area contributed by atoms with E-state index < -0.39 is 0 Å². The van der Waals surface area contributed by atoms with E-state index >= 15 is 0 Å². The van der Waals surface area contributed by atoms with Gasteiger partial charge in [-0.15, -0.1) is 0 Å². The fourth-order valence-electron chi connectivity index (χ4n) is 2.87. The molecule has 0 saturated carbocycles. The predicted octanol–water partition coefficient (Wildman–Crippen LogP) is 1.99. The number of hydrogen-bond acceptors (Lipinski definition) is 2. The van der Waals surface area contributed by atoms with Crippen molar-refractivity contribution in [2.75, 3.05) is 13.6 Å². The van der Waals surface area contributed by atoms with Gasteiger partial charge in [0.15, 0.2) is 0 Å². The molecule has 2 N–H and O–H groups in total. The van der Waals surface area contributed by atoms with Crippen LogP contribution in [0.1, 0.15) is 16.8 Å². The smallest absolute Gasteiger partial charge is 0.123 e. The van der Waals surface area contributed by atoms with Crippen LogP contribution in [-0.2, 0) is 13.0 Å². The fraction of sp³-hybridized carbons (Fsp3) is 0.250. The van der Waals surface area contributed by atoms with Crippen molar-refractivity contribution in [3.63, 3.8) is 0 Å². The number of aromatic nitrogens is 1. The van der Waals surface area contributed by atoms with Gasteiger partial charge >= 0.3 is 0 Å². The van der Waals surface area contributed by atoms with Crippen molar-refractivity contribution in [1.29, 1.82) is 5.26 Å². The minimum Gasteiger partial charge on any atom is -0.348 e. The number of nitrogens with one attached hydrogen (secondary N) is 2. The number of pyridine rings is 1. The van der Waals surface area contributed by atoms with Gasteiger partial charge in [0, 0.05) is 23.2 Å². The Morgan fingerprint density at radius 1 is 1.33 bits per heavy atom. The number of rotatable bonds is 1. The van der Waals surface area contributed by atoms with Gasteiger partial charge in [-0.3, -0.25) is 0 Å². The van der Waals surface area contributed by atoms with Gasteiger partial charge < -0.3 is 9.88 Å². The highest BCUT2D eigenvalue weighted by molar-refractivity contribution is 7.71. The Hall–Kier alpha value is -2.03. The molecule has 1 atom stereocenters. The van der Waals surface area contributed by atoms with E-state index in [0.29, 0.717) is 10.2 Å². The third-order valence-electron chi connectivity index (χ3n) is 3.93. The van der Waals surface area contributed by atoms with Gasteiger partial charge in [-0.25, -0.2) is 4.39 Å². The molecule has 3 nitrogen and oxygen atoms in total. The van der Waals surface area contributed by atoms with Crippen LogP contribution in [-0.4, -0.2) is 18.6 Å².